The van der Waals surface area contributed by atoms with Crippen LogP contribution >= 0.6 is 11.3 Å². The minimum absolute atomic E-state index is 0.0589. The lowest BCUT2D eigenvalue weighted by Crippen LogP contribution is -2.34. The first kappa shape index (κ1) is 20.0. The average molecular weight is 437 g/mol. The summed E-state index contributed by atoms with van der Waals surface area (Å²) in [5.74, 6) is -0.265. The van der Waals surface area contributed by atoms with Gasteiger partial charge in [-0.1, -0.05) is 41.7 Å². The highest BCUT2D eigenvalue weighted by molar-refractivity contribution is 7.22. The van der Waals surface area contributed by atoms with E-state index in [4.69, 9.17) is 4.74 Å². The predicted molar refractivity (Wildman–Crippen MR) is 115 cm³/mol. The summed E-state index contributed by atoms with van der Waals surface area (Å²) in [4.78, 5) is 35.2. The van der Waals surface area contributed by atoms with Gasteiger partial charge < -0.3 is 10.1 Å². The first-order valence-electron chi connectivity index (χ1n) is 8.95. The van der Waals surface area contributed by atoms with Gasteiger partial charge in [0.25, 0.3) is 5.91 Å². The Hall–Kier alpha value is -4.32. The zero-order valence-electron chi connectivity index (χ0n) is 15.8. The highest BCUT2D eigenvalue weighted by Gasteiger charge is 2.24. The number of nitrogens with one attached hydrogen (secondary N) is 3. The molecule has 4 rings (SSSR count). The Morgan fingerprint density at radius 2 is 1.81 bits per heavy atom. The number of hydrogen-bond donors (Lipinski definition) is 3. The number of nitrogens with zero attached hydrogens (tertiary/aromatic N) is 4. The van der Waals surface area contributed by atoms with Gasteiger partial charge >= 0.3 is 5.69 Å². The number of carbonyl (C=O) groups is 1. The third kappa shape index (κ3) is 4.82. The number of ether oxygens (including phenoxy) is 1. The van der Waals surface area contributed by atoms with Gasteiger partial charge in [0.15, 0.2) is 11.7 Å². The van der Waals surface area contributed by atoms with Crippen LogP contribution in [-0.2, 0) is 4.79 Å². The van der Waals surface area contributed by atoms with E-state index in [1.54, 1.807) is 24.3 Å². The summed E-state index contributed by atoms with van der Waals surface area (Å²) in [6.07, 6.45) is 1.14. The number of rotatable bonds is 8. The average Bonchev–Trinajstić information content (AvgIpc) is 3.19. The monoisotopic (exact) mass is 437 g/mol. The number of fused-ring (bicyclic) bond motifs is 1. The Morgan fingerprint density at radius 1 is 1.06 bits per heavy atom. The smallest absolute Gasteiger partial charge is 0.355 e. The van der Waals surface area contributed by atoms with E-state index in [0.29, 0.717) is 10.9 Å². The molecule has 0 aliphatic rings. The van der Waals surface area contributed by atoms with Gasteiger partial charge in [-0.15, -0.1) is 0 Å². The molecular weight excluding hydrogens is 422 g/mol. The van der Waals surface area contributed by atoms with Crippen LogP contribution in [0.4, 0.5) is 22.5 Å². The normalized spacial score (nSPS) is 10.5. The molecule has 2 heterocycles. The summed E-state index contributed by atoms with van der Waals surface area (Å²) in [7, 11) is 0. The van der Waals surface area contributed by atoms with E-state index < -0.39 is 16.5 Å². The second-order valence-corrected chi connectivity index (χ2v) is 7.09. The molecule has 0 unspecified atom stereocenters. The number of anilines is 3. The number of carbonyl (C=O) groups excluding carboxylic acids is 1. The molecular formula is C19H15N7O4S. The Morgan fingerprint density at radius 3 is 2.58 bits per heavy atom. The van der Waals surface area contributed by atoms with Crippen molar-refractivity contribution in [3.8, 4) is 5.75 Å². The Balaban J connectivity index is 1.46. The highest BCUT2D eigenvalue weighted by Crippen LogP contribution is 2.33. The van der Waals surface area contributed by atoms with Crippen LogP contribution < -0.4 is 20.9 Å². The molecule has 0 saturated carbocycles. The fraction of sp³-hybridized carbons (Fsp3) is 0.0526. The van der Waals surface area contributed by atoms with Crippen molar-refractivity contribution < 1.29 is 14.5 Å². The van der Waals surface area contributed by atoms with Crippen molar-refractivity contribution in [3.63, 3.8) is 0 Å². The molecule has 2 aromatic carbocycles. The molecule has 11 nitrogen and oxygen atoms in total. The van der Waals surface area contributed by atoms with Crippen LogP contribution in [0.15, 0.2) is 60.9 Å². The molecule has 1 amide bonds. The molecule has 0 bridgehead atoms. The molecule has 0 fully saturated rings. The predicted octanol–water partition coefficient (Wildman–Crippen LogP) is 3.26. The Kier molecular flexibility index (Phi) is 5.80. The zero-order chi connectivity index (χ0) is 21.6. The number of amides is 1. The van der Waals surface area contributed by atoms with Gasteiger partial charge in [0.05, 0.1) is 15.1 Å². The van der Waals surface area contributed by atoms with Gasteiger partial charge in [-0.2, -0.15) is 0 Å². The molecule has 156 valence electrons. The number of aromatic nitrogens is 3. The first-order chi connectivity index (χ1) is 15.1. The van der Waals surface area contributed by atoms with E-state index in [1.165, 1.54) is 11.3 Å². The second kappa shape index (κ2) is 9.00. The number of para-hydroxylation sites is 2. The number of hydrogen-bond acceptors (Lipinski definition) is 10. The standard InChI is InChI=1S/C19H15N7O4S/c27-15(10-30-12-6-2-1-3-7-12)24-25-18-16(26(28)29)17(20-11-21-18)23-19-22-13-8-4-5-9-14(13)31-19/h1-9,11H,10H2,(H,24,27)(H2,20,21,22,23,25). The van der Waals surface area contributed by atoms with Gasteiger partial charge in [0, 0.05) is 0 Å². The number of hydrazine groups is 1. The molecule has 0 saturated heterocycles. The van der Waals surface area contributed by atoms with Gasteiger partial charge in [-0.05, 0) is 24.3 Å². The molecule has 0 aliphatic carbocycles. The molecule has 3 N–H and O–H groups in total. The Labute approximate surface area is 179 Å². The lowest BCUT2D eigenvalue weighted by molar-refractivity contribution is -0.383. The summed E-state index contributed by atoms with van der Waals surface area (Å²) in [6.45, 7) is -0.285. The van der Waals surface area contributed by atoms with Crippen molar-refractivity contribution >= 4 is 49.9 Å². The van der Waals surface area contributed by atoms with Crippen LogP contribution in [0.3, 0.4) is 0 Å². The fourth-order valence-electron chi connectivity index (χ4n) is 2.59. The lowest BCUT2D eigenvalue weighted by Gasteiger charge is -2.10. The minimum Gasteiger partial charge on any atom is -0.484 e. The topological polar surface area (TPSA) is 144 Å². The molecule has 31 heavy (non-hydrogen) atoms. The first-order valence-corrected chi connectivity index (χ1v) is 9.76. The molecule has 0 radical (unpaired) electrons. The molecule has 12 heteroatoms. The number of benzene rings is 2. The maximum Gasteiger partial charge on any atom is 0.355 e. The van der Waals surface area contributed by atoms with Crippen LogP contribution in [-0.4, -0.2) is 32.4 Å². The van der Waals surface area contributed by atoms with Crippen LogP contribution in [0.25, 0.3) is 10.2 Å². The maximum atomic E-state index is 12.0. The van der Waals surface area contributed by atoms with Crippen LogP contribution in [0.2, 0.25) is 0 Å². The number of thiazole rings is 1. The van der Waals surface area contributed by atoms with E-state index in [2.05, 4.69) is 31.1 Å². The summed E-state index contributed by atoms with van der Waals surface area (Å²) in [6, 6.07) is 16.2. The van der Waals surface area contributed by atoms with Crippen molar-refractivity contribution in [2.45, 2.75) is 0 Å². The summed E-state index contributed by atoms with van der Waals surface area (Å²) < 4.78 is 6.25. The van der Waals surface area contributed by atoms with Crippen LogP contribution in [0, 0.1) is 10.1 Å². The van der Waals surface area contributed by atoms with Crippen molar-refractivity contribution in [1.29, 1.82) is 0 Å². The number of nitro groups is 1. The van der Waals surface area contributed by atoms with E-state index in [1.807, 2.05) is 30.3 Å². The van der Waals surface area contributed by atoms with Crippen LogP contribution in [0.5, 0.6) is 5.75 Å². The van der Waals surface area contributed by atoms with Crippen molar-refractivity contribution in [1.82, 2.24) is 20.4 Å². The Bertz CT molecular complexity index is 1200. The highest BCUT2D eigenvalue weighted by atomic mass is 32.1. The summed E-state index contributed by atoms with van der Waals surface area (Å²) in [5.41, 5.74) is 5.10. The van der Waals surface area contributed by atoms with E-state index in [-0.39, 0.29) is 18.2 Å². The third-order valence-corrected chi connectivity index (χ3v) is 4.91. The van der Waals surface area contributed by atoms with E-state index >= 15 is 0 Å². The van der Waals surface area contributed by atoms with Crippen LogP contribution in [0.1, 0.15) is 0 Å². The van der Waals surface area contributed by atoms with Crippen molar-refractivity contribution in [2.24, 2.45) is 0 Å². The maximum absolute atomic E-state index is 12.0. The molecule has 0 atom stereocenters. The van der Waals surface area contributed by atoms with Crippen molar-refractivity contribution in [3.05, 3.63) is 71.0 Å². The van der Waals surface area contributed by atoms with Gasteiger partial charge in [-0.25, -0.2) is 15.0 Å². The summed E-state index contributed by atoms with van der Waals surface area (Å²) in [5, 5.41) is 14.9. The van der Waals surface area contributed by atoms with Gasteiger partial charge in [0.1, 0.15) is 12.1 Å². The SMILES string of the molecule is O=C(COc1ccccc1)NNc1ncnc(Nc2nc3ccccc3s2)c1[N+](=O)[O-]. The molecule has 0 aliphatic heterocycles. The van der Waals surface area contributed by atoms with Crippen molar-refractivity contribution in [2.75, 3.05) is 17.3 Å². The molecule has 2 aromatic heterocycles. The third-order valence-electron chi connectivity index (χ3n) is 3.96. The molecule has 4 aromatic rings. The van der Waals surface area contributed by atoms with Gasteiger partial charge in [0.2, 0.25) is 11.6 Å². The quantitative estimate of drug-likeness (QED) is 0.279. The van der Waals surface area contributed by atoms with Gasteiger partial charge in [-0.3, -0.25) is 25.8 Å². The fourth-order valence-corrected chi connectivity index (χ4v) is 3.46. The lowest BCUT2D eigenvalue weighted by atomic mass is 10.3. The van der Waals surface area contributed by atoms with E-state index in [0.717, 1.165) is 16.5 Å². The minimum atomic E-state index is -0.648. The summed E-state index contributed by atoms with van der Waals surface area (Å²) >= 11 is 1.33. The zero-order valence-corrected chi connectivity index (χ0v) is 16.6. The molecule has 0 spiro atoms. The second-order valence-electron chi connectivity index (χ2n) is 6.06. The van der Waals surface area contributed by atoms with E-state index in [9.17, 15) is 14.9 Å². The largest absolute Gasteiger partial charge is 0.484 e.